The van der Waals surface area contributed by atoms with Gasteiger partial charge in [0.25, 0.3) is 0 Å². The van der Waals surface area contributed by atoms with Crippen LogP contribution in [-0.4, -0.2) is 65.0 Å². The SMILES string of the molecule is CC(O)Cn1cnc2cc(Nc3ncc(Cl)c(NC4CCN(c5ccc(C#N)nn5)CC4)n3)cnc21. The summed E-state index contributed by atoms with van der Waals surface area (Å²) in [5.41, 5.74) is 2.39. The van der Waals surface area contributed by atoms with Crippen LogP contribution in [0.15, 0.2) is 36.9 Å². The van der Waals surface area contributed by atoms with E-state index in [1.54, 1.807) is 31.7 Å². The first kappa shape index (κ1) is 23.7. The Morgan fingerprint density at radius 1 is 1.19 bits per heavy atom. The van der Waals surface area contributed by atoms with E-state index in [9.17, 15) is 5.11 Å². The summed E-state index contributed by atoms with van der Waals surface area (Å²) in [6.07, 6.45) is 6.13. The van der Waals surface area contributed by atoms with E-state index < -0.39 is 6.10 Å². The first-order valence-corrected chi connectivity index (χ1v) is 11.9. The third kappa shape index (κ3) is 5.27. The fourth-order valence-electron chi connectivity index (χ4n) is 4.09. The Morgan fingerprint density at radius 2 is 2.03 bits per heavy atom. The van der Waals surface area contributed by atoms with E-state index in [1.807, 2.05) is 22.8 Å². The van der Waals surface area contributed by atoms with E-state index in [0.29, 0.717) is 45.9 Å². The van der Waals surface area contributed by atoms with Gasteiger partial charge in [-0.2, -0.15) is 10.2 Å². The molecule has 1 aliphatic rings. The fourth-order valence-corrected chi connectivity index (χ4v) is 4.24. The zero-order valence-electron chi connectivity index (χ0n) is 19.5. The van der Waals surface area contributed by atoms with Gasteiger partial charge in [0, 0.05) is 19.1 Å². The molecule has 5 rings (SSSR count). The molecule has 1 unspecified atom stereocenters. The molecule has 5 heterocycles. The van der Waals surface area contributed by atoms with E-state index in [1.165, 1.54) is 0 Å². The summed E-state index contributed by atoms with van der Waals surface area (Å²) in [7, 11) is 0. The molecule has 4 aromatic heterocycles. The molecule has 0 amide bonds. The van der Waals surface area contributed by atoms with E-state index in [4.69, 9.17) is 16.9 Å². The van der Waals surface area contributed by atoms with E-state index in [-0.39, 0.29) is 6.04 Å². The minimum Gasteiger partial charge on any atom is -0.392 e. The molecule has 0 radical (unpaired) electrons. The molecule has 0 saturated carbocycles. The number of pyridine rings is 1. The summed E-state index contributed by atoms with van der Waals surface area (Å²) in [5.74, 6) is 1.71. The molecular weight excluding hydrogens is 482 g/mol. The molecule has 0 spiro atoms. The molecule has 1 fully saturated rings. The van der Waals surface area contributed by atoms with Crippen molar-refractivity contribution in [2.45, 2.75) is 38.5 Å². The molecule has 184 valence electrons. The molecule has 3 N–H and O–H groups in total. The second-order valence-corrected chi connectivity index (χ2v) is 9.03. The van der Waals surface area contributed by atoms with Gasteiger partial charge in [-0.15, -0.1) is 10.2 Å². The monoisotopic (exact) mass is 505 g/mol. The molecule has 36 heavy (non-hydrogen) atoms. The van der Waals surface area contributed by atoms with Crippen LogP contribution in [0.4, 0.5) is 23.3 Å². The summed E-state index contributed by atoms with van der Waals surface area (Å²) in [6, 6.07) is 7.52. The maximum absolute atomic E-state index is 9.64. The number of aliphatic hydroxyl groups is 1. The third-order valence-electron chi connectivity index (χ3n) is 5.84. The highest BCUT2D eigenvalue weighted by molar-refractivity contribution is 6.32. The highest BCUT2D eigenvalue weighted by atomic mass is 35.5. The van der Waals surface area contributed by atoms with Crippen molar-refractivity contribution in [2.24, 2.45) is 0 Å². The Balaban J connectivity index is 1.22. The Kier molecular flexibility index (Phi) is 6.75. The zero-order valence-corrected chi connectivity index (χ0v) is 20.3. The molecular formula is C23H24ClN11O. The van der Waals surface area contributed by atoms with Crippen molar-refractivity contribution in [1.29, 1.82) is 5.26 Å². The zero-order chi connectivity index (χ0) is 25.1. The molecule has 1 atom stereocenters. The van der Waals surface area contributed by atoms with Crippen LogP contribution in [0.1, 0.15) is 25.5 Å². The average molecular weight is 506 g/mol. The smallest absolute Gasteiger partial charge is 0.229 e. The van der Waals surface area contributed by atoms with Gasteiger partial charge < -0.3 is 25.2 Å². The number of nitriles is 1. The lowest BCUT2D eigenvalue weighted by atomic mass is 10.1. The average Bonchev–Trinajstić information content (AvgIpc) is 3.28. The van der Waals surface area contributed by atoms with Crippen LogP contribution in [0.25, 0.3) is 11.2 Å². The number of nitrogens with one attached hydrogen (secondary N) is 2. The number of aromatic nitrogens is 7. The highest BCUT2D eigenvalue weighted by Crippen LogP contribution is 2.26. The van der Waals surface area contributed by atoms with Crippen LogP contribution in [0.2, 0.25) is 5.02 Å². The number of anilines is 4. The lowest BCUT2D eigenvalue weighted by Gasteiger charge is -2.33. The summed E-state index contributed by atoms with van der Waals surface area (Å²) >= 11 is 6.38. The predicted molar refractivity (Wildman–Crippen MR) is 135 cm³/mol. The quantitative estimate of drug-likeness (QED) is 0.339. The number of piperidine rings is 1. The first-order valence-electron chi connectivity index (χ1n) is 11.5. The minimum atomic E-state index is -0.493. The number of rotatable bonds is 7. The number of hydrogen-bond acceptors (Lipinski definition) is 11. The second kappa shape index (κ2) is 10.3. The third-order valence-corrected chi connectivity index (χ3v) is 6.12. The summed E-state index contributed by atoms with van der Waals surface area (Å²) in [6.45, 7) is 3.73. The predicted octanol–water partition coefficient (Wildman–Crippen LogP) is 2.74. The van der Waals surface area contributed by atoms with Gasteiger partial charge >= 0.3 is 0 Å². The maximum atomic E-state index is 9.64. The van der Waals surface area contributed by atoms with Crippen LogP contribution in [0.5, 0.6) is 0 Å². The summed E-state index contributed by atoms with van der Waals surface area (Å²) < 4.78 is 1.81. The van der Waals surface area contributed by atoms with E-state index in [2.05, 4.69) is 45.7 Å². The van der Waals surface area contributed by atoms with Crippen molar-refractivity contribution in [1.82, 2.24) is 34.7 Å². The molecule has 1 saturated heterocycles. The van der Waals surface area contributed by atoms with E-state index >= 15 is 0 Å². The van der Waals surface area contributed by atoms with Gasteiger partial charge in [0.15, 0.2) is 23.0 Å². The molecule has 13 heteroatoms. The Hall–Kier alpha value is -4.08. The largest absolute Gasteiger partial charge is 0.392 e. The van der Waals surface area contributed by atoms with Gasteiger partial charge in [0.05, 0.1) is 37.1 Å². The Labute approximate surface area is 212 Å². The number of nitrogens with zero attached hydrogens (tertiary/aromatic N) is 9. The van der Waals surface area contributed by atoms with Gasteiger partial charge in [0.2, 0.25) is 5.95 Å². The summed E-state index contributed by atoms with van der Waals surface area (Å²) in [4.78, 5) is 19.8. The molecule has 1 aliphatic heterocycles. The van der Waals surface area contributed by atoms with E-state index in [0.717, 1.165) is 31.7 Å². The standard InChI is InChI=1S/C23H24ClN11O/c1-14(36)12-35-13-28-19-8-17(10-26-22(19)35)30-23-27-11-18(24)21(31-23)29-15-4-6-34(7-5-15)20-3-2-16(9-25)32-33-20/h2-3,8,10-11,13-15,36H,4-7,12H2,1H3,(H2,27,29,30,31). The van der Waals surface area contributed by atoms with Crippen molar-refractivity contribution in [3.8, 4) is 6.07 Å². The molecule has 0 aliphatic carbocycles. The van der Waals surface area contributed by atoms with Crippen LogP contribution in [0.3, 0.4) is 0 Å². The second-order valence-electron chi connectivity index (χ2n) is 8.62. The summed E-state index contributed by atoms with van der Waals surface area (Å²) in [5, 5.41) is 33.6. The number of halogens is 1. The van der Waals surface area contributed by atoms with Gasteiger partial charge in [-0.3, -0.25) is 0 Å². The van der Waals surface area contributed by atoms with Crippen LogP contribution < -0.4 is 15.5 Å². The minimum absolute atomic E-state index is 0.184. The number of imidazole rings is 1. The molecule has 0 aromatic carbocycles. The Bertz CT molecular complexity index is 1390. The highest BCUT2D eigenvalue weighted by Gasteiger charge is 2.22. The van der Waals surface area contributed by atoms with Crippen LogP contribution >= 0.6 is 11.6 Å². The maximum Gasteiger partial charge on any atom is 0.229 e. The van der Waals surface area contributed by atoms with Crippen molar-refractivity contribution in [3.05, 3.63) is 47.6 Å². The fraction of sp³-hybridized carbons (Fsp3) is 0.348. The number of aliphatic hydroxyl groups excluding tert-OH is 1. The van der Waals surface area contributed by atoms with Gasteiger partial charge in [0.1, 0.15) is 16.6 Å². The van der Waals surface area contributed by atoms with Crippen molar-refractivity contribution in [3.63, 3.8) is 0 Å². The van der Waals surface area contributed by atoms with Gasteiger partial charge in [-0.05, 0) is 38.0 Å². The topological polar surface area (TPSA) is 154 Å². The van der Waals surface area contributed by atoms with Crippen LogP contribution in [-0.2, 0) is 6.54 Å². The lowest BCUT2D eigenvalue weighted by Crippen LogP contribution is -2.39. The number of fused-ring (bicyclic) bond motifs is 1. The Morgan fingerprint density at radius 3 is 2.75 bits per heavy atom. The van der Waals surface area contributed by atoms with Crippen molar-refractivity contribution >= 4 is 46.0 Å². The molecule has 0 bridgehead atoms. The number of hydrogen-bond donors (Lipinski definition) is 3. The normalized spacial score (nSPS) is 15.0. The lowest BCUT2D eigenvalue weighted by molar-refractivity contribution is 0.175. The first-order chi connectivity index (χ1) is 17.5. The van der Waals surface area contributed by atoms with Gasteiger partial charge in [-0.25, -0.2) is 15.0 Å². The van der Waals surface area contributed by atoms with Gasteiger partial charge in [-0.1, -0.05) is 11.6 Å². The molecule has 12 nitrogen and oxygen atoms in total. The van der Waals surface area contributed by atoms with Crippen molar-refractivity contribution in [2.75, 3.05) is 28.6 Å². The molecule has 4 aromatic rings. The van der Waals surface area contributed by atoms with Crippen molar-refractivity contribution < 1.29 is 5.11 Å². The van der Waals surface area contributed by atoms with Crippen LogP contribution in [0, 0.1) is 11.3 Å².